The molecule has 0 radical (unpaired) electrons. The quantitative estimate of drug-likeness (QED) is 0.0581. The van der Waals surface area contributed by atoms with Crippen LogP contribution in [0.25, 0.3) is 0 Å². The van der Waals surface area contributed by atoms with Gasteiger partial charge in [-0.25, -0.2) is 0 Å². The first-order chi connectivity index (χ1) is 22.4. The second-order valence-corrected chi connectivity index (χ2v) is 16.6. The van der Waals surface area contributed by atoms with Crippen molar-refractivity contribution < 1.29 is 13.0 Å². The summed E-state index contributed by atoms with van der Waals surface area (Å²) in [5, 5.41) is 0. The van der Waals surface area contributed by atoms with Crippen LogP contribution in [-0.2, 0) is 14.9 Å². The summed E-state index contributed by atoms with van der Waals surface area (Å²) < 4.78 is 32.9. The van der Waals surface area contributed by atoms with Gasteiger partial charge in [-0.2, -0.15) is 8.42 Å². The molecule has 4 heteroatoms. The van der Waals surface area contributed by atoms with E-state index in [2.05, 4.69) is 6.92 Å². The molecule has 0 heterocycles. The van der Waals surface area contributed by atoms with Gasteiger partial charge in [0.1, 0.15) is 4.75 Å². The van der Waals surface area contributed by atoms with E-state index in [1.54, 1.807) is 19.1 Å². The monoisotopic (exact) mass is 663 g/mol. The van der Waals surface area contributed by atoms with Crippen LogP contribution in [0.1, 0.15) is 231 Å². The molecule has 1 aromatic carbocycles. The minimum absolute atomic E-state index is 0.468. The molecule has 0 aliphatic rings. The molecular weight excluding hydrogens is 585 g/mol. The maximum absolute atomic E-state index is 12.1. The van der Waals surface area contributed by atoms with Crippen LogP contribution >= 0.6 is 0 Å². The van der Waals surface area contributed by atoms with Gasteiger partial charge >= 0.3 is 0 Å². The van der Waals surface area contributed by atoms with Crippen LogP contribution in [0.4, 0.5) is 0 Å². The fourth-order valence-electron chi connectivity index (χ4n) is 7.05. The lowest BCUT2D eigenvalue weighted by Gasteiger charge is -2.26. The van der Waals surface area contributed by atoms with E-state index in [0.29, 0.717) is 12.0 Å². The van der Waals surface area contributed by atoms with Gasteiger partial charge in [0.25, 0.3) is 10.1 Å². The molecule has 0 spiro atoms. The second-order valence-electron chi connectivity index (χ2n) is 14.8. The van der Waals surface area contributed by atoms with Crippen LogP contribution in [0.15, 0.2) is 30.3 Å². The van der Waals surface area contributed by atoms with E-state index in [4.69, 9.17) is 0 Å². The van der Waals surface area contributed by atoms with E-state index in [1.807, 2.05) is 18.2 Å². The molecule has 0 aliphatic heterocycles. The Kier molecular flexibility index (Phi) is 28.3. The molecule has 0 aromatic heterocycles. The van der Waals surface area contributed by atoms with Crippen molar-refractivity contribution in [3.8, 4) is 0 Å². The first-order valence-electron chi connectivity index (χ1n) is 20.4. The molecule has 0 saturated heterocycles. The van der Waals surface area contributed by atoms with E-state index in [9.17, 15) is 13.0 Å². The van der Waals surface area contributed by atoms with Crippen molar-refractivity contribution in [2.75, 3.05) is 0 Å². The SMILES string of the molecule is CCCCCCCCCCCCCCCCCCCCCCCCCCCCCCCCCCC(C)(c1ccccc1)S(=O)(=O)O. The summed E-state index contributed by atoms with van der Waals surface area (Å²) in [7, 11) is -4.15. The highest BCUT2D eigenvalue weighted by molar-refractivity contribution is 7.86. The number of rotatable bonds is 35. The van der Waals surface area contributed by atoms with Crippen LogP contribution in [0.5, 0.6) is 0 Å². The van der Waals surface area contributed by atoms with Crippen LogP contribution in [0.3, 0.4) is 0 Å². The van der Waals surface area contributed by atoms with Crippen molar-refractivity contribution in [1.82, 2.24) is 0 Å². The summed E-state index contributed by atoms with van der Waals surface area (Å²) in [5.41, 5.74) is 0.679. The third kappa shape index (κ3) is 23.5. The number of hydrogen-bond donors (Lipinski definition) is 1. The number of hydrogen-bond acceptors (Lipinski definition) is 2. The molecule has 0 bridgehead atoms. The van der Waals surface area contributed by atoms with E-state index in [1.165, 1.54) is 186 Å². The summed E-state index contributed by atoms with van der Waals surface area (Å²) in [6, 6.07) is 9.15. The molecule has 270 valence electrons. The minimum atomic E-state index is -4.15. The Hall–Kier alpha value is -0.870. The molecule has 0 fully saturated rings. The van der Waals surface area contributed by atoms with Crippen LogP contribution in [0.2, 0.25) is 0 Å². The molecule has 1 aromatic rings. The molecule has 0 aliphatic carbocycles. The van der Waals surface area contributed by atoms with Gasteiger partial charge in [-0.1, -0.05) is 243 Å². The summed E-state index contributed by atoms with van der Waals surface area (Å²) in [6.45, 7) is 3.95. The van der Waals surface area contributed by atoms with E-state index in [0.717, 1.165) is 19.3 Å². The van der Waals surface area contributed by atoms with Gasteiger partial charge in [-0.15, -0.1) is 0 Å². The summed E-state index contributed by atoms with van der Waals surface area (Å²) >= 11 is 0. The Morgan fingerprint density at radius 3 is 0.913 bits per heavy atom. The fraction of sp³-hybridized carbons (Fsp3) is 0.857. The van der Waals surface area contributed by atoms with Crippen LogP contribution in [0, 0.1) is 0 Å². The predicted octanol–water partition coefficient (Wildman–Crippen LogP) is 14.7. The maximum atomic E-state index is 12.1. The Morgan fingerprint density at radius 2 is 0.674 bits per heavy atom. The highest BCUT2D eigenvalue weighted by Crippen LogP contribution is 2.35. The largest absolute Gasteiger partial charge is 0.285 e. The lowest BCUT2D eigenvalue weighted by molar-refractivity contribution is 0.414. The molecule has 46 heavy (non-hydrogen) atoms. The second kappa shape index (κ2) is 30.2. The summed E-state index contributed by atoms with van der Waals surface area (Å²) in [6.07, 6.45) is 44.8. The summed E-state index contributed by atoms with van der Waals surface area (Å²) in [4.78, 5) is 0. The highest BCUT2D eigenvalue weighted by atomic mass is 32.2. The topological polar surface area (TPSA) is 54.4 Å². The van der Waals surface area contributed by atoms with Gasteiger partial charge in [-0.05, 0) is 18.9 Å². The van der Waals surface area contributed by atoms with Gasteiger partial charge in [0.05, 0.1) is 0 Å². The third-order valence-electron chi connectivity index (χ3n) is 10.5. The molecule has 1 N–H and O–H groups in total. The lowest BCUT2D eigenvalue weighted by atomic mass is 9.93. The van der Waals surface area contributed by atoms with Crippen LogP contribution < -0.4 is 0 Å². The Balaban J connectivity index is 1.75. The van der Waals surface area contributed by atoms with Crippen molar-refractivity contribution in [2.24, 2.45) is 0 Å². The molecular formula is C42H78O3S. The Morgan fingerprint density at radius 1 is 0.435 bits per heavy atom. The first kappa shape index (κ1) is 43.2. The molecule has 0 saturated carbocycles. The summed E-state index contributed by atoms with van der Waals surface area (Å²) in [5.74, 6) is 0. The zero-order chi connectivity index (χ0) is 33.4. The minimum Gasteiger partial charge on any atom is -0.285 e. The molecule has 1 atom stereocenters. The maximum Gasteiger partial charge on any atom is 0.274 e. The average molecular weight is 663 g/mol. The third-order valence-corrected chi connectivity index (χ3v) is 12.0. The van der Waals surface area contributed by atoms with E-state index in [-0.39, 0.29) is 0 Å². The molecule has 0 amide bonds. The van der Waals surface area contributed by atoms with Gasteiger partial charge < -0.3 is 0 Å². The van der Waals surface area contributed by atoms with E-state index >= 15 is 0 Å². The Bertz CT molecular complexity index is 868. The van der Waals surface area contributed by atoms with E-state index < -0.39 is 14.9 Å². The van der Waals surface area contributed by atoms with Crippen molar-refractivity contribution in [3.05, 3.63) is 35.9 Å². The Labute approximate surface area is 288 Å². The number of unbranched alkanes of at least 4 members (excludes halogenated alkanes) is 31. The van der Waals surface area contributed by atoms with Crippen molar-refractivity contribution in [1.29, 1.82) is 0 Å². The molecule has 1 rings (SSSR count). The zero-order valence-electron chi connectivity index (χ0n) is 30.9. The van der Waals surface area contributed by atoms with Crippen molar-refractivity contribution in [3.63, 3.8) is 0 Å². The normalized spacial score (nSPS) is 13.3. The van der Waals surface area contributed by atoms with Gasteiger partial charge in [0.2, 0.25) is 0 Å². The number of benzene rings is 1. The highest BCUT2D eigenvalue weighted by Gasteiger charge is 2.39. The van der Waals surface area contributed by atoms with Gasteiger partial charge in [0.15, 0.2) is 0 Å². The standard InChI is InChI=1S/C42H78O3S/c1-3-4-5-6-7-8-9-10-11-12-13-14-15-16-17-18-19-20-21-22-23-24-25-26-27-28-29-30-31-32-33-37-40-42(2,46(43,44)45)41-38-35-34-36-39-41/h34-36,38-39H,3-33,37,40H2,1-2H3,(H,43,44,45). The van der Waals surface area contributed by atoms with Gasteiger partial charge in [0, 0.05) is 0 Å². The van der Waals surface area contributed by atoms with Crippen molar-refractivity contribution >= 4 is 10.1 Å². The predicted molar refractivity (Wildman–Crippen MR) is 203 cm³/mol. The smallest absolute Gasteiger partial charge is 0.274 e. The van der Waals surface area contributed by atoms with Crippen molar-refractivity contribution in [2.45, 2.75) is 230 Å². The lowest BCUT2D eigenvalue weighted by Crippen LogP contribution is -2.32. The van der Waals surface area contributed by atoms with Crippen LogP contribution in [-0.4, -0.2) is 13.0 Å². The first-order valence-corrected chi connectivity index (χ1v) is 21.9. The zero-order valence-corrected chi connectivity index (χ0v) is 31.7. The van der Waals surface area contributed by atoms with Gasteiger partial charge in [-0.3, -0.25) is 4.55 Å². The molecule has 1 unspecified atom stereocenters. The average Bonchev–Trinajstić information content (AvgIpc) is 3.05. The fourth-order valence-corrected chi connectivity index (χ4v) is 7.89. The molecule has 3 nitrogen and oxygen atoms in total.